The fourth-order valence-corrected chi connectivity index (χ4v) is 2.86. The van der Waals surface area contributed by atoms with Crippen molar-refractivity contribution in [2.24, 2.45) is 7.05 Å². The molecule has 0 N–H and O–H groups in total. The Balaban J connectivity index is 2.08. The molecule has 18 heavy (non-hydrogen) atoms. The summed E-state index contributed by atoms with van der Waals surface area (Å²) in [6.07, 6.45) is 0. The van der Waals surface area contributed by atoms with Crippen LogP contribution < -0.4 is 0 Å². The van der Waals surface area contributed by atoms with Crippen molar-refractivity contribution in [2.45, 2.75) is 11.3 Å². The van der Waals surface area contributed by atoms with Gasteiger partial charge in [0, 0.05) is 12.7 Å². The number of thioether (sulfide) groups is 1. The SMILES string of the molecule is COC(=O)CSc1nnc(-c2cc(C)n(C)n2)s1. The van der Waals surface area contributed by atoms with Crippen LogP contribution in [0.4, 0.5) is 0 Å². The topological polar surface area (TPSA) is 69.9 Å². The summed E-state index contributed by atoms with van der Waals surface area (Å²) in [5, 5.41) is 13.2. The maximum absolute atomic E-state index is 11.0. The molecule has 2 rings (SSSR count). The van der Waals surface area contributed by atoms with E-state index >= 15 is 0 Å². The lowest BCUT2D eigenvalue weighted by molar-refractivity contribution is -0.137. The number of esters is 1. The van der Waals surface area contributed by atoms with Crippen LogP contribution in [0.3, 0.4) is 0 Å². The van der Waals surface area contributed by atoms with Crippen molar-refractivity contribution in [1.29, 1.82) is 0 Å². The minimum Gasteiger partial charge on any atom is -0.468 e. The second-order valence-corrected chi connectivity index (χ2v) is 5.73. The fraction of sp³-hybridized carbons (Fsp3) is 0.400. The van der Waals surface area contributed by atoms with Gasteiger partial charge >= 0.3 is 5.97 Å². The third-order valence-corrected chi connectivity index (χ3v) is 4.33. The molecule has 6 nitrogen and oxygen atoms in total. The Kier molecular flexibility index (Phi) is 3.97. The Morgan fingerprint density at radius 1 is 1.56 bits per heavy atom. The van der Waals surface area contributed by atoms with E-state index in [-0.39, 0.29) is 11.7 Å². The summed E-state index contributed by atoms with van der Waals surface area (Å²) >= 11 is 2.73. The highest BCUT2D eigenvalue weighted by Crippen LogP contribution is 2.28. The number of nitrogens with zero attached hydrogens (tertiary/aromatic N) is 4. The molecule has 96 valence electrons. The van der Waals surface area contributed by atoms with Crippen molar-refractivity contribution in [3.8, 4) is 10.7 Å². The summed E-state index contributed by atoms with van der Waals surface area (Å²) in [5.41, 5.74) is 1.86. The molecular weight excluding hydrogens is 272 g/mol. The van der Waals surface area contributed by atoms with E-state index in [1.807, 2.05) is 20.0 Å². The minimum absolute atomic E-state index is 0.242. The lowest BCUT2D eigenvalue weighted by Gasteiger charge is -1.94. The first kappa shape index (κ1) is 13.0. The molecule has 0 atom stereocenters. The van der Waals surface area contributed by atoms with Crippen LogP contribution in [0, 0.1) is 6.92 Å². The molecule has 0 aliphatic heterocycles. The van der Waals surface area contributed by atoms with Gasteiger partial charge in [0.1, 0.15) is 5.69 Å². The second-order valence-electron chi connectivity index (χ2n) is 3.53. The molecule has 2 aromatic heterocycles. The molecule has 0 unspecified atom stereocenters. The van der Waals surface area contributed by atoms with E-state index in [0.717, 1.165) is 20.7 Å². The zero-order valence-corrected chi connectivity index (χ0v) is 11.8. The van der Waals surface area contributed by atoms with Crippen LogP contribution in [-0.2, 0) is 16.6 Å². The zero-order valence-electron chi connectivity index (χ0n) is 10.2. The van der Waals surface area contributed by atoms with Crippen LogP contribution in [0.5, 0.6) is 0 Å². The number of carbonyl (C=O) groups is 1. The Morgan fingerprint density at radius 3 is 2.94 bits per heavy atom. The smallest absolute Gasteiger partial charge is 0.316 e. The van der Waals surface area contributed by atoms with E-state index in [9.17, 15) is 4.79 Å². The Morgan fingerprint density at radius 2 is 2.33 bits per heavy atom. The van der Waals surface area contributed by atoms with Crippen molar-refractivity contribution in [3.05, 3.63) is 11.8 Å². The first-order chi connectivity index (χ1) is 8.60. The molecule has 0 aromatic carbocycles. The highest BCUT2D eigenvalue weighted by atomic mass is 32.2. The highest BCUT2D eigenvalue weighted by molar-refractivity contribution is 8.01. The molecule has 0 radical (unpaired) electrons. The molecule has 0 saturated carbocycles. The standard InChI is InChI=1S/C10H12N4O2S2/c1-6-4-7(13-14(6)2)9-11-12-10(18-9)17-5-8(15)16-3/h4H,5H2,1-3H3. The molecule has 8 heteroatoms. The van der Waals surface area contributed by atoms with Gasteiger partial charge in [-0.1, -0.05) is 23.1 Å². The molecule has 0 amide bonds. The Hall–Kier alpha value is -1.41. The van der Waals surface area contributed by atoms with Gasteiger partial charge in [0.2, 0.25) is 0 Å². The maximum atomic E-state index is 11.0. The van der Waals surface area contributed by atoms with E-state index in [2.05, 4.69) is 20.0 Å². The number of aryl methyl sites for hydroxylation is 2. The van der Waals surface area contributed by atoms with Crippen molar-refractivity contribution in [3.63, 3.8) is 0 Å². The molecule has 0 bridgehead atoms. The second kappa shape index (κ2) is 5.49. The average Bonchev–Trinajstić information content (AvgIpc) is 2.94. The summed E-state index contributed by atoms with van der Waals surface area (Å²) in [6, 6.07) is 1.95. The van der Waals surface area contributed by atoms with E-state index in [1.54, 1.807) is 4.68 Å². The minimum atomic E-state index is -0.273. The number of methoxy groups -OCH3 is 1. The molecule has 0 saturated heterocycles. The third-order valence-electron chi connectivity index (χ3n) is 2.28. The van der Waals surface area contributed by atoms with Crippen LogP contribution in [0.25, 0.3) is 10.7 Å². The molecule has 0 fully saturated rings. The quantitative estimate of drug-likeness (QED) is 0.626. The van der Waals surface area contributed by atoms with Gasteiger partial charge in [-0.15, -0.1) is 10.2 Å². The molecule has 2 aromatic rings. The van der Waals surface area contributed by atoms with Crippen LogP contribution in [0.1, 0.15) is 5.69 Å². The number of hydrogen-bond acceptors (Lipinski definition) is 7. The van der Waals surface area contributed by atoms with Crippen molar-refractivity contribution in [1.82, 2.24) is 20.0 Å². The maximum Gasteiger partial charge on any atom is 0.316 e. The van der Waals surface area contributed by atoms with Gasteiger partial charge in [-0.05, 0) is 13.0 Å². The van der Waals surface area contributed by atoms with Gasteiger partial charge in [0.05, 0.1) is 12.9 Å². The molecular formula is C10H12N4O2S2. The first-order valence-electron chi connectivity index (χ1n) is 5.14. The average molecular weight is 284 g/mol. The van der Waals surface area contributed by atoms with Gasteiger partial charge < -0.3 is 4.74 Å². The largest absolute Gasteiger partial charge is 0.468 e. The van der Waals surface area contributed by atoms with Crippen LogP contribution in [0.2, 0.25) is 0 Å². The fourth-order valence-electron chi connectivity index (χ4n) is 1.22. The number of ether oxygens (including phenoxy) is 1. The van der Waals surface area contributed by atoms with Crippen molar-refractivity contribution < 1.29 is 9.53 Å². The lowest BCUT2D eigenvalue weighted by Crippen LogP contribution is -2.02. The predicted molar refractivity (Wildman–Crippen MR) is 69.6 cm³/mol. The van der Waals surface area contributed by atoms with Gasteiger partial charge in [0.25, 0.3) is 0 Å². The molecule has 2 heterocycles. The zero-order chi connectivity index (χ0) is 13.1. The Labute approximate surface area is 112 Å². The van der Waals surface area contributed by atoms with Crippen LogP contribution in [0.15, 0.2) is 10.4 Å². The van der Waals surface area contributed by atoms with E-state index in [0.29, 0.717) is 0 Å². The first-order valence-corrected chi connectivity index (χ1v) is 6.94. The summed E-state index contributed by atoms with van der Waals surface area (Å²) in [7, 11) is 3.25. The summed E-state index contributed by atoms with van der Waals surface area (Å²) in [4.78, 5) is 11.0. The van der Waals surface area contributed by atoms with Gasteiger partial charge in [-0.3, -0.25) is 9.48 Å². The van der Waals surface area contributed by atoms with Crippen LogP contribution >= 0.6 is 23.1 Å². The highest BCUT2D eigenvalue weighted by Gasteiger charge is 2.12. The number of rotatable bonds is 4. The lowest BCUT2D eigenvalue weighted by atomic mass is 10.4. The van der Waals surface area contributed by atoms with Crippen molar-refractivity contribution in [2.75, 3.05) is 12.9 Å². The monoisotopic (exact) mass is 284 g/mol. The molecule has 0 spiro atoms. The van der Waals surface area contributed by atoms with Gasteiger partial charge in [-0.25, -0.2) is 0 Å². The van der Waals surface area contributed by atoms with Crippen molar-refractivity contribution >= 4 is 29.1 Å². The normalized spacial score (nSPS) is 10.6. The van der Waals surface area contributed by atoms with E-state index in [4.69, 9.17) is 0 Å². The summed E-state index contributed by atoms with van der Waals surface area (Å²) in [6.45, 7) is 1.98. The van der Waals surface area contributed by atoms with E-state index < -0.39 is 0 Å². The van der Waals surface area contributed by atoms with Crippen LogP contribution in [-0.4, -0.2) is 38.8 Å². The molecule has 0 aliphatic carbocycles. The van der Waals surface area contributed by atoms with Gasteiger partial charge in [-0.2, -0.15) is 5.10 Å². The Bertz CT molecular complexity index is 544. The number of aromatic nitrogens is 4. The number of carbonyl (C=O) groups excluding carboxylic acids is 1. The van der Waals surface area contributed by atoms with E-state index in [1.165, 1.54) is 30.2 Å². The predicted octanol–water partition coefficient (Wildman–Crippen LogP) is 1.51. The van der Waals surface area contributed by atoms with Gasteiger partial charge in [0.15, 0.2) is 9.35 Å². The molecule has 0 aliphatic rings. The summed E-state index contributed by atoms with van der Waals surface area (Å²) in [5.74, 6) is -0.0303. The number of hydrogen-bond donors (Lipinski definition) is 0. The summed E-state index contributed by atoms with van der Waals surface area (Å²) < 4.78 is 7.09. The third kappa shape index (κ3) is 2.88.